The molecule has 2 aliphatic rings. The van der Waals surface area contributed by atoms with Crippen molar-refractivity contribution < 1.29 is 4.74 Å². The van der Waals surface area contributed by atoms with Crippen LogP contribution in [0.5, 0.6) is 0 Å². The van der Waals surface area contributed by atoms with Crippen molar-refractivity contribution in [2.75, 3.05) is 26.3 Å². The SMILES string of the molecule is Clc1nccn2c1c(-c1ccc3ccc(-c4ccccc4)nc3c1)nc2[C@H]1C[C@@H](N2CCOCC2)C1. The quantitative estimate of drug-likeness (QED) is 0.313. The van der Waals surface area contributed by atoms with Gasteiger partial charge in [-0.2, -0.15) is 0 Å². The van der Waals surface area contributed by atoms with E-state index in [2.05, 4.69) is 56.7 Å². The van der Waals surface area contributed by atoms with Crippen LogP contribution in [-0.4, -0.2) is 56.6 Å². The lowest BCUT2D eigenvalue weighted by molar-refractivity contribution is -0.00778. The number of imidazole rings is 1. The third-order valence-corrected chi connectivity index (χ3v) is 7.89. The van der Waals surface area contributed by atoms with Crippen molar-refractivity contribution in [2.24, 2.45) is 0 Å². The average Bonchev–Trinajstić information content (AvgIpc) is 3.29. The van der Waals surface area contributed by atoms with Gasteiger partial charge in [0, 0.05) is 54.0 Å². The largest absolute Gasteiger partial charge is 0.379 e. The summed E-state index contributed by atoms with van der Waals surface area (Å²) in [5.41, 5.74) is 5.73. The predicted octanol–water partition coefficient (Wildman–Crippen LogP) is 5.84. The summed E-state index contributed by atoms with van der Waals surface area (Å²) in [7, 11) is 0. The second-order valence-corrected chi connectivity index (χ2v) is 10.1. The molecule has 0 atom stereocenters. The molecule has 0 amide bonds. The Bertz CT molecular complexity index is 1550. The van der Waals surface area contributed by atoms with Gasteiger partial charge in [0.1, 0.15) is 11.3 Å². The number of benzene rings is 2. The number of pyridine rings is 1. The Morgan fingerprint density at radius 3 is 2.53 bits per heavy atom. The van der Waals surface area contributed by atoms with E-state index in [0.717, 1.165) is 83.9 Å². The maximum absolute atomic E-state index is 6.66. The van der Waals surface area contributed by atoms with Crippen LogP contribution in [0.3, 0.4) is 0 Å². The maximum atomic E-state index is 6.66. The summed E-state index contributed by atoms with van der Waals surface area (Å²) in [6.07, 6.45) is 5.97. The Balaban J connectivity index is 1.27. The molecule has 2 aromatic carbocycles. The van der Waals surface area contributed by atoms with Gasteiger partial charge >= 0.3 is 0 Å². The van der Waals surface area contributed by atoms with Gasteiger partial charge in [-0.3, -0.25) is 9.30 Å². The van der Waals surface area contributed by atoms with Crippen molar-refractivity contribution in [2.45, 2.75) is 24.8 Å². The molecular formula is C29H26ClN5O. The van der Waals surface area contributed by atoms with Crippen molar-refractivity contribution in [3.63, 3.8) is 0 Å². The minimum atomic E-state index is 0.404. The van der Waals surface area contributed by atoms with E-state index < -0.39 is 0 Å². The number of halogens is 1. The Morgan fingerprint density at radius 2 is 1.69 bits per heavy atom. The fraction of sp³-hybridized carbons (Fsp3) is 0.276. The standard InChI is InChI=1S/C29H26ClN5O/c30-28-27-26(21-7-6-20-8-9-24(32-25(20)18-21)19-4-2-1-3-5-19)33-29(35(27)11-10-31-28)22-16-23(17-22)34-12-14-36-15-13-34/h1-11,18,22-23H,12-17H2/t22-,23+. The van der Waals surface area contributed by atoms with E-state index in [0.29, 0.717) is 17.1 Å². The molecule has 1 aliphatic carbocycles. The van der Waals surface area contributed by atoms with Gasteiger partial charge in [-0.05, 0) is 25.0 Å². The van der Waals surface area contributed by atoms with Crippen molar-refractivity contribution in [3.8, 4) is 22.5 Å². The minimum absolute atomic E-state index is 0.404. The maximum Gasteiger partial charge on any atom is 0.155 e. The number of morpholine rings is 1. The van der Waals surface area contributed by atoms with Crippen LogP contribution in [0, 0.1) is 0 Å². The fourth-order valence-corrected chi connectivity index (χ4v) is 5.82. The zero-order valence-corrected chi connectivity index (χ0v) is 20.6. The van der Waals surface area contributed by atoms with Gasteiger partial charge in [0.15, 0.2) is 5.15 Å². The summed E-state index contributed by atoms with van der Waals surface area (Å²) in [5, 5.41) is 1.57. The molecular weight excluding hydrogens is 470 g/mol. The van der Waals surface area contributed by atoms with E-state index in [1.165, 1.54) is 0 Å². The Kier molecular flexibility index (Phi) is 5.46. The van der Waals surface area contributed by atoms with Crippen LogP contribution in [0.1, 0.15) is 24.6 Å². The molecule has 180 valence electrons. The summed E-state index contributed by atoms with van der Waals surface area (Å²) in [4.78, 5) is 17.1. The van der Waals surface area contributed by atoms with E-state index >= 15 is 0 Å². The average molecular weight is 496 g/mol. The number of fused-ring (bicyclic) bond motifs is 2. The molecule has 6 nitrogen and oxygen atoms in total. The number of aromatic nitrogens is 4. The van der Waals surface area contributed by atoms with E-state index in [-0.39, 0.29) is 0 Å². The topological polar surface area (TPSA) is 55.5 Å². The molecule has 1 saturated carbocycles. The van der Waals surface area contributed by atoms with Crippen LogP contribution in [0.15, 0.2) is 73.1 Å². The van der Waals surface area contributed by atoms with Crippen LogP contribution in [0.2, 0.25) is 5.15 Å². The molecule has 1 saturated heterocycles. The minimum Gasteiger partial charge on any atom is -0.379 e. The van der Waals surface area contributed by atoms with Gasteiger partial charge < -0.3 is 4.74 Å². The lowest BCUT2D eigenvalue weighted by Crippen LogP contribution is -2.49. The molecule has 2 fully saturated rings. The van der Waals surface area contributed by atoms with Crippen LogP contribution in [0.25, 0.3) is 38.9 Å². The lowest BCUT2D eigenvalue weighted by Gasteiger charge is -2.43. The molecule has 7 heteroatoms. The van der Waals surface area contributed by atoms with Crippen LogP contribution in [-0.2, 0) is 4.74 Å². The van der Waals surface area contributed by atoms with Gasteiger partial charge in [0.05, 0.1) is 30.1 Å². The summed E-state index contributed by atoms with van der Waals surface area (Å²) < 4.78 is 7.67. The van der Waals surface area contributed by atoms with Gasteiger partial charge in [0.25, 0.3) is 0 Å². The van der Waals surface area contributed by atoms with Crippen molar-refractivity contribution in [1.82, 2.24) is 24.3 Å². The van der Waals surface area contributed by atoms with Crippen molar-refractivity contribution in [1.29, 1.82) is 0 Å². The Hall–Kier alpha value is -3.32. The highest BCUT2D eigenvalue weighted by Crippen LogP contribution is 2.42. The molecule has 36 heavy (non-hydrogen) atoms. The van der Waals surface area contributed by atoms with Gasteiger partial charge in [0.2, 0.25) is 0 Å². The van der Waals surface area contributed by atoms with Gasteiger partial charge in [-0.15, -0.1) is 0 Å². The molecule has 0 radical (unpaired) electrons. The third kappa shape index (κ3) is 3.77. The Morgan fingerprint density at radius 1 is 0.889 bits per heavy atom. The molecule has 5 aromatic rings. The molecule has 3 aromatic heterocycles. The number of hydrogen-bond donors (Lipinski definition) is 0. The van der Waals surface area contributed by atoms with E-state index in [1.54, 1.807) is 6.20 Å². The molecule has 0 bridgehead atoms. The first kappa shape index (κ1) is 21.9. The molecule has 7 rings (SSSR count). The lowest BCUT2D eigenvalue weighted by atomic mass is 9.78. The second kappa shape index (κ2) is 8.96. The molecule has 0 unspecified atom stereocenters. The highest BCUT2D eigenvalue weighted by molar-refractivity contribution is 6.33. The molecule has 0 N–H and O–H groups in total. The number of hydrogen-bond acceptors (Lipinski definition) is 5. The first-order valence-electron chi connectivity index (χ1n) is 12.6. The number of ether oxygens (including phenoxy) is 1. The number of rotatable bonds is 4. The van der Waals surface area contributed by atoms with E-state index in [4.69, 9.17) is 26.3 Å². The zero-order chi connectivity index (χ0) is 24.1. The van der Waals surface area contributed by atoms with Crippen molar-refractivity contribution >= 4 is 28.0 Å². The Labute approximate surface area is 214 Å². The third-order valence-electron chi connectivity index (χ3n) is 7.61. The highest BCUT2D eigenvalue weighted by Gasteiger charge is 2.38. The zero-order valence-electron chi connectivity index (χ0n) is 19.8. The number of nitrogens with zero attached hydrogens (tertiary/aromatic N) is 5. The monoisotopic (exact) mass is 495 g/mol. The van der Waals surface area contributed by atoms with Gasteiger partial charge in [-0.1, -0.05) is 60.1 Å². The highest BCUT2D eigenvalue weighted by atomic mass is 35.5. The van der Waals surface area contributed by atoms with Crippen LogP contribution in [0.4, 0.5) is 0 Å². The van der Waals surface area contributed by atoms with E-state index in [1.807, 2.05) is 24.4 Å². The molecule has 1 aliphatic heterocycles. The molecule has 0 spiro atoms. The summed E-state index contributed by atoms with van der Waals surface area (Å²) >= 11 is 6.66. The summed E-state index contributed by atoms with van der Waals surface area (Å²) in [6, 6.07) is 21.4. The summed E-state index contributed by atoms with van der Waals surface area (Å²) in [5.74, 6) is 1.47. The predicted molar refractivity (Wildman–Crippen MR) is 142 cm³/mol. The molecule has 4 heterocycles. The normalized spacial score (nSPS) is 20.6. The first-order chi connectivity index (χ1) is 17.7. The van der Waals surface area contributed by atoms with Crippen LogP contribution < -0.4 is 0 Å². The summed E-state index contributed by atoms with van der Waals surface area (Å²) in [6.45, 7) is 3.72. The van der Waals surface area contributed by atoms with Gasteiger partial charge in [-0.25, -0.2) is 15.0 Å². The smallest absolute Gasteiger partial charge is 0.155 e. The fourth-order valence-electron chi connectivity index (χ4n) is 5.59. The van der Waals surface area contributed by atoms with Crippen molar-refractivity contribution in [3.05, 3.63) is 84.0 Å². The van der Waals surface area contributed by atoms with Crippen LogP contribution >= 0.6 is 11.6 Å². The van der Waals surface area contributed by atoms with E-state index in [9.17, 15) is 0 Å². The first-order valence-corrected chi connectivity index (χ1v) is 12.9. The second-order valence-electron chi connectivity index (χ2n) is 9.70.